The first kappa shape index (κ1) is 98.9. The highest BCUT2D eigenvalue weighted by molar-refractivity contribution is 14.1. The lowest BCUT2D eigenvalue weighted by molar-refractivity contribution is -0.217. The van der Waals surface area contributed by atoms with Crippen molar-refractivity contribution >= 4 is 319 Å². The molecule has 4 aliphatic carbocycles. The number of halogens is 22. The molecule has 7 N–H and O–H groups in total. The third-order valence-electron chi connectivity index (χ3n) is 15.1. The Morgan fingerprint density at radius 1 is 0.500 bits per heavy atom. The van der Waals surface area contributed by atoms with Crippen molar-refractivity contribution in [3.8, 4) is 17.2 Å². The van der Waals surface area contributed by atoms with Crippen LogP contribution in [0, 0.1) is 62.4 Å². The van der Waals surface area contributed by atoms with Gasteiger partial charge in [0.1, 0.15) is 45.7 Å². The minimum atomic E-state index is -5.75. The Labute approximate surface area is 745 Å². The minimum absolute atomic E-state index is 0.00676. The van der Waals surface area contributed by atoms with E-state index in [0.29, 0.717) is 51.1 Å². The fourth-order valence-corrected chi connectivity index (χ4v) is 25.0. The standard InChI is InChI=1S/C21H21F2I3O7S.C14H14F3I3O6S.C10H6F3I3O6S.C10H7F3I2O6S/c1-10(21(22,23)34(29,30)31)32-18(28)19-5-11-2-12(6-19)8-20(7-11,9-19)33-17(27)14-3-13(24)4-15(25)16(14)26;1-2-6(3-7-8(18)4-9(19)12(21)11(7)20)13(22)26-10(14(15,16)17)5-27(23,24)25;11-10(12,13)5(2-23(19,20)21)22-9(18)6-3(14)1-4(15)8(17)7(6)16;11-10(12,13)7(3-22(18,19)20)21-9(17)5-1-4(14)2-6(15)8(5)16/h3-4,10-12H,2,5-9H2,1H3,(H,29,30,31);4,6,10,21H,2-3,5H2,1H3,(H,23,24,25);1,5,17H,2H2,(H,19,20,21);1-2,7,16H,3H2,(H,18,19,20). The van der Waals surface area contributed by atoms with Crippen molar-refractivity contribution in [3.63, 3.8) is 0 Å². The Kier molecular flexibility index (Phi) is 36.1. The zero-order valence-electron chi connectivity index (χ0n) is 52.2. The maximum absolute atomic E-state index is 14.0. The molecule has 0 saturated heterocycles. The van der Waals surface area contributed by atoms with Crippen LogP contribution in [-0.2, 0) is 80.2 Å². The first-order valence-corrected chi connectivity index (χ1v) is 46.4. The summed E-state index contributed by atoms with van der Waals surface area (Å²) in [5, 5.41) is 24.8. The van der Waals surface area contributed by atoms with E-state index in [1.165, 1.54) is 12.1 Å². The van der Waals surface area contributed by atoms with Gasteiger partial charge in [-0.2, -0.15) is 82.0 Å². The summed E-state index contributed by atoms with van der Waals surface area (Å²) in [6, 6.07) is 9.26. The number of phenolic OH excluding ortho intramolecular Hbond substituents is 3. The minimum Gasteiger partial charge on any atom is -0.506 e. The topological polar surface area (TPSA) is 410 Å². The van der Waals surface area contributed by atoms with Crippen molar-refractivity contribution in [2.45, 2.75) is 119 Å². The highest BCUT2D eigenvalue weighted by atomic mass is 127. The van der Waals surface area contributed by atoms with E-state index in [0.717, 1.165) is 33.7 Å². The maximum Gasteiger partial charge on any atom is 0.426 e. The van der Waals surface area contributed by atoms with Gasteiger partial charge in [0.05, 0.1) is 40.3 Å². The first-order chi connectivity index (χ1) is 47.8. The molecular formula is C55H48F11I11O25S4. The number of benzene rings is 4. The molecule has 7 atom stereocenters. The summed E-state index contributed by atoms with van der Waals surface area (Å²) in [6.45, 7) is 2.31. The van der Waals surface area contributed by atoms with Crippen LogP contribution in [0.25, 0.3) is 0 Å². The summed E-state index contributed by atoms with van der Waals surface area (Å²) in [5.74, 6) is -12.8. The van der Waals surface area contributed by atoms with Gasteiger partial charge in [0.15, 0.2) is 6.10 Å². The average molecular weight is 2840 g/mol. The van der Waals surface area contributed by atoms with Crippen LogP contribution in [-0.4, -0.2) is 168 Å². The van der Waals surface area contributed by atoms with Gasteiger partial charge in [-0.05, 0) is 354 Å². The molecule has 25 nitrogen and oxygen atoms in total. The smallest absolute Gasteiger partial charge is 0.426 e. The molecule has 8 rings (SSSR count). The lowest BCUT2D eigenvalue weighted by Crippen LogP contribution is -2.60. The molecule has 4 fully saturated rings. The SMILES string of the molecule is CC(OC(=O)C12CC3CC(CC(OC(=O)c4cc(I)cc(I)c4I)(C3)C1)C2)C(F)(F)S(=O)(=O)O.CCC(Cc1c(I)cc(I)c(O)c1I)C(=O)OC(CS(=O)(=O)O)C(F)(F)F.O=C(OC(CS(=O)(=O)O)C(F)(F)F)c1c(I)cc(I)c(O)c1I.O=C(OC(CS(=O)(=O)O)C(F)(F)F)c1cc(I)cc(I)c1O. The second-order valence-corrected chi connectivity index (χ2v) is 41.9. The van der Waals surface area contributed by atoms with Crippen LogP contribution >= 0.6 is 248 Å². The molecule has 4 aromatic rings. The number of carbonyl (C=O) groups is 5. The van der Waals surface area contributed by atoms with Gasteiger partial charge in [-0.25, -0.2) is 14.4 Å². The van der Waals surface area contributed by atoms with Gasteiger partial charge in [-0.3, -0.25) is 27.8 Å². The van der Waals surface area contributed by atoms with Crippen molar-refractivity contribution in [3.05, 3.63) is 97.9 Å². The van der Waals surface area contributed by atoms with E-state index in [2.05, 4.69) is 82.0 Å². The summed E-state index contributed by atoms with van der Waals surface area (Å²) in [4.78, 5) is 62.3. The number of aromatic hydroxyl groups is 3. The molecule has 0 aliphatic heterocycles. The predicted molar refractivity (Wildman–Crippen MR) is 441 cm³/mol. The molecular weight excluding hydrogens is 2790 g/mol. The first-order valence-electron chi connectivity index (χ1n) is 28.3. The number of ether oxygens (including phenoxy) is 5. The molecule has 4 bridgehead atoms. The Morgan fingerprint density at radius 2 is 0.906 bits per heavy atom. The van der Waals surface area contributed by atoms with E-state index in [1.54, 1.807) is 132 Å². The van der Waals surface area contributed by atoms with Gasteiger partial charge in [-0.1, -0.05) is 6.92 Å². The van der Waals surface area contributed by atoms with Gasteiger partial charge >= 0.3 is 63.7 Å². The molecule has 596 valence electrons. The van der Waals surface area contributed by atoms with Crippen LogP contribution in [0.5, 0.6) is 17.2 Å². The van der Waals surface area contributed by atoms with E-state index in [1.807, 2.05) is 73.8 Å². The van der Waals surface area contributed by atoms with Gasteiger partial charge in [0.25, 0.3) is 30.4 Å². The number of hydrogen-bond donors (Lipinski definition) is 7. The normalized spacial score (nSPS) is 19.6. The van der Waals surface area contributed by atoms with Crippen molar-refractivity contribution in [1.82, 2.24) is 0 Å². The molecule has 7 unspecified atom stereocenters. The van der Waals surface area contributed by atoms with Crippen molar-refractivity contribution in [2.24, 2.45) is 23.2 Å². The predicted octanol–water partition coefficient (Wildman–Crippen LogP) is 15.3. The van der Waals surface area contributed by atoms with Crippen LogP contribution in [0.3, 0.4) is 0 Å². The third-order valence-corrected chi connectivity index (χ3v) is 29.1. The zero-order valence-corrected chi connectivity index (χ0v) is 79.2. The summed E-state index contributed by atoms with van der Waals surface area (Å²) >= 11 is 20.6. The van der Waals surface area contributed by atoms with Crippen LogP contribution in [0.4, 0.5) is 48.3 Å². The summed E-state index contributed by atoms with van der Waals surface area (Å²) in [7, 11) is -20.8. The maximum atomic E-state index is 14.0. The molecule has 0 aromatic heterocycles. The zero-order chi connectivity index (χ0) is 81.9. The second kappa shape index (κ2) is 38.7. The molecule has 0 radical (unpaired) electrons. The number of phenols is 3. The summed E-state index contributed by atoms with van der Waals surface area (Å²) < 4.78 is 293. The Bertz CT molecular complexity index is 4490. The number of rotatable bonds is 21. The number of alkyl halides is 11. The molecule has 0 amide bonds. The van der Waals surface area contributed by atoms with Crippen molar-refractivity contribution < 1.29 is 163 Å². The molecule has 51 heteroatoms. The van der Waals surface area contributed by atoms with E-state index in [9.17, 15) is 121 Å². The number of carbonyl (C=O) groups excluding carboxylic acids is 5. The fraction of sp³-hybridized carbons (Fsp3) is 0.473. The quantitative estimate of drug-likeness (QED) is 0.0102. The van der Waals surface area contributed by atoms with Gasteiger partial charge in [0.2, 0.25) is 18.3 Å². The Hall–Kier alpha value is 0.530. The summed E-state index contributed by atoms with van der Waals surface area (Å²) in [5.41, 5.74) is -1.90. The Morgan fingerprint density at radius 3 is 1.34 bits per heavy atom. The lowest BCUT2D eigenvalue weighted by Gasteiger charge is -2.59. The second-order valence-electron chi connectivity index (χ2n) is 23.2. The van der Waals surface area contributed by atoms with Gasteiger partial charge < -0.3 is 39.0 Å². The number of hydrogen-bond acceptors (Lipinski definition) is 21. The molecule has 106 heavy (non-hydrogen) atoms. The van der Waals surface area contributed by atoms with Gasteiger partial charge in [-0.15, -0.1) is 0 Å². The van der Waals surface area contributed by atoms with Crippen LogP contribution < -0.4 is 0 Å². The fourth-order valence-electron chi connectivity index (χ4n) is 10.8. The van der Waals surface area contributed by atoms with E-state index < -0.39 is 164 Å². The molecule has 0 spiro atoms. The van der Waals surface area contributed by atoms with Crippen molar-refractivity contribution in [2.75, 3.05) is 17.3 Å². The number of esters is 5. The van der Waals surface area contributed by atoms with Gasteiger partial charge in [0, 0.05) is 27.8 Å². The molecule has 0 heterocycles. The van der Waals surface area contributed by atoms with Crippen molar-refractivity contribution in [1.29, 1.82) is 0 Å². The third kappa shape index (κ3) is 28.1. The summed E-state index contributed by atoms with van der Waals surface area (Å²) in [6.07, 6.45) is -23.8. The molecule has 4 saturated carbocycles. The van der Waals surface area contributed by atoms with E-state index >= 15 is 0 Å². The monoisotopic (exact) mass is 2840 g/mol. The highest BCUT2D eigenvalue weighted by Crippen LogP contribution is 2.64. The lowest BCUT2D eigenvalue weighted by atomic mass is 9.48. The van der Waals surface area contributed by atoms with Crippen LogP contribution in [0.1, 0.15) is 95.4 Å². The van der Waals surface area contributed by atoms with Crippen LogP contribution in [0.15, 0.2) is 36.4 Å². The van der Waals surface area contributed by atoms with E-state index in [-0.39, 0.29) is 58.9 Å². The largest absolute Gasteiger partial charge is 0.506 e. The average Bonchev–Trinajstić information content (AvgIpc) is 0.713. The van der Waals surface area contributed by atoms with E-state index in [4.69, 9.17) is 27.7 Å². The highest BCUT2D eigenvalue weighted by Gasteiger charge is 2.64. The molecule has 4 aromatic carbocycles. The van der Waals surface area contributed by atoms with Crippen LogP contribution in [0.2, 0.25) is 0 Å². The molecule has 4 aliphatic rings. The Balaban J connectivity index is 0.000000304.